The lowest BCUT2D eigenvalue weighted by Gasteiger charge is -2.19. The number of nitrogens with zero attached hydrogens (tertiary/aromatic N) is 2. The second kappa shape index (κ2) is 5.27. The molecule has 1 N–H and O–H groups in total. The van der Waals surface area contributed by atoms with Crippen LogP contribution in [0.5, 0.6) is 5.75 Å². The summed E-state index contributed by atoms with van der Waals surface area (Å²) in [6, 6.07) is 2.49. The maximum Gasteiger partial charge on any atom is 0.138 e. The first-order chi connectivity index (χ1) is 7.81. The Balaban J connectivity index is 2.09. The molecule has 1 aliphatic rings. The summed E-state index contributed by atoms with van der Waals surface area (Å²) in [5.41, 5.74) is 1.20. The number of aliphatic hydroxyl groups excluding tert-OH is 1. The zero-order valence-corrected chi connectivity index (χ0v) is 9.59. The van der Waals surface area contributed by atoms with Crippen molar-refractivity contribution >= 4 is 0 Å². The van der Waals surface area contributed by atoms with E-state index >= 15 is 0 Å². The van der Waals surface area contributed by atoms with Gasteiger partial charge in [-0.25, -0.2) is 0 Å². The van der Waals surface area contributed by atoms with Gasteiger partial charge in [-0.3, -0.25) is 9.88 Å². The van der Waals surface area contributed by atoms with E-state index in [4.69, 9.17) is 9.84 Å². The van der Waals surface area contributed by atoms with Crippen molar-refractivity contribution in [3.05, 3.63) is 24.0 Å². The van der Waals surface area contributed by atoms with Gasteiger partial charge < -0.3 is 9.84 Å². The third kappa shape index (κ3) is 2.51. The first-order valence-electron chi connectivity index (χ1n) is 5.70. The van der Waals surface area contributed by atoms with E-state index in [9.17, 15) is 0 Å². The van der Waals surface area contributed by atoms with Crippen molar-refractivity contribution in [1.82, 2.24) is 9.88 Å². The molecule has 0 unspecified atom stereocenters. The maximum absolute atomic E-state index is 8.70. The molecule has 1 fully saturated rings. The number of hydrogen-bond donors (Lipinski definition) is 1. The molecule has 4 heteroatoms. The van der Waals surface area contributed by atoms with E-state index in [1.807, 2.05) is 12.3 Å². The molecule has 1 aromatic rings. The van der Waals surface area contributed by atoms with E-state index in [0.29, 0.717) is 12.6 Å². The number of ether oxygens (including phenoxy) is 1. The van der Waals surface area contributed by atoms with Crippen LogP contribution in [0.2, 0.25) is 0 Å². The van der Waals surface area contributed by atoms with Crippen LogP contribution in [0.4, 0.5) is 0 Å². The van der Waals surface area contributed by atoms with Gasteiger partial charge in [0.2, 0.25) is 0 Å². The molecule has 0 spiro atoms. The summed E-state index contributed by atoms with van der Waals surface area (Å²) in [4.78, 5) is 6.52. The van der Waals surface area contributed by atoms with Crippen molar-refractivity contribution in [2.75, 3.05) is 26.8 Å². The zero-order chi connectivity index (χ0) is 11.4. The highest BCUT2D eigenvalue weighted by Crippen LogP contribution is 2.31. The van der Waals surface area contributed by atoms with Gasteiger partial charge in [0, 0.05) is 12.2 Å². The average molecular weight is 222 g/mol. The molecule has 1 aromatic heterocycles. The first-order valence-corrected chi connectivity index (χ1v) is 5.70. The summed E-state index contributed by atoms with van der Waals surface area (Å²) >= 11 is 0. The third-order valence-corrected chi connectivity index (χ3v) is 3.00. The van der Waals surface area contributed by atoms with Crippen molar-refractivity contribution in [2.45, 2.75) is 18.9 Å². The summed E-state index contributed by atoms with van der Waals surface area (Å²) in [7, 11) is 2.14. The standard InChI is InChI=1S/C12H18N2O2/c1-14-4-2-3-12(14)10-7-11(9-13-8-10)16-6-5-15/h7-9,12,15H,2-6H2,1H3/t12-/m0/s1. The van der Waals surface area contributed by atoms with Gasteiger partial charge in [0.1, 0.15) is 12.4 Å². The molecular formula is C12H18N2O2. The quantitative estimate of drug-likeness (QED) is 0.832. The number of hydrogen-bond acceptors (Lipinski definition) is 4. The highest BCUT2D eigenvalue weighted by atomic mass is 16.5. The van der Waals surface area contributed by atoms with Crippen LogP contribution in [-0.4, -0.2) is 41.8 Å². The van der Waals surface area contributed by atoms with E-state index in [1.165, 1.54) is 18.4 Å². The molecule has 0 amide bonds. The molecule has 2 rings (SSSR count). The summed E-state index contributed by atoms with van der Waals surface area (Å²) in [6.45, 7) is 1.51. The average Bonchev–Trinajstić information content (AvgIpc) is 2.73. The number of aromatic nitrogens is 1. The van der Waals surface area contributed by atoms with Crippen LogP contribution in [0, 0.1) is 0 Å². The molecule has 1 aliphatic heterocycles. The first kappa shape index (κ1) is 11.4. The third-order valence-electron chi connectivity index (χ3n) is 3.00. The minimum absolute atomic E-state index is 0.0353. The molecule has 0 aliphatic carbocycles. The molecule has 0 aromatic carbocycles. The van der Waals surface area contributed by atoms with Gasteiger partial charge in [-0.05, 0) is 38.1 Å². The van der Waals surface area contributed by atoms with Gasteiger partial charge in [-0.1, -0.05) is 0 Å². The Morgan fingerprint density at radius 2 is 2.44 bits per heavy atom. The summed E-state index contributed by atoms with van der Waals surface area (Å²) < 4.78 is 5.36. The fourth-order valence-electron chi connectivity index (χ4n) is 2.19. The number of likely N-dealkylation sites (tertiary alicyclic amines) is 1. The van der Waals surface area contributed by atoms with Crippen LogP contribution in [0.15, 0.2) is 18.5 Å². The monoisotopic (exact) mass is 222 g/mol. The molecule has 2 heterocycles. The minimum Gasteiger partial charge on any atom is -0.490 e. The largest absolute Gasteiger partial charge is 0.490 e. The normalized spacial score (nSPS) is 21.2. The highest BCUT2D eigenvalue weighted by molar-refractivity contribution is 5.26. The Labute approximate surface area is 95.9 Å². The van der Waals surface area contributed by atoms with Gasteiger partial charge in [0.25, 0.3) is 0 Å². The lowest BCUT2D eigenvalue weighted by Crippen LogP contribution is -2.17. The lowest BCUT2D eigenvalue weighted by molar-refractivity contribution is 0.200. The van der Waals surface area contributed by atoms with Crippen molar-refractivity contribution in [1.29, 1.82) is 0 Å². The smallest absolute Gasteiger partial charge is 0.138 e. The maximum atomic E-state index is 8.70. The molecule has 0 saturated carbocycles. The molecule has 0 radical (unpaired) electrons. The van der Waals surface area contributed by atoms with Gasteiger partial charge in [-0.15, -0.1) is 0 Å². The fourth-order valence-corrected chi connectivity index (χ4v) is 2.19. The van der Waals surface area contributed by atoms with Crippen LogP contribution in [-0.2, 0) is 0 Å². The second-order valence-electron chi connectivity index (χ2n) is 4.16. The Kier molecular flexibility index (Phi) is 3.74. The van der Waals surface area contributed by atoms with E-state index in [-0.39, 0.29) is 6.61 Å². The number of pyridine rings is 1. The zero-order valence-electron chi connectivity index (χ0n) is 9.59. The van der Waals surface area contributed by atoms with E-state index in [0.717, 1.165) is 12.3 Å². The van der Waals surface area contributed by atoms with Gasteiger partial charge in [0.15, 0.2) is 0 Å². The molecular weight excluding hydrogens is 204 g/mol. The van der Waals surface area contributed by atoms with Crippen LogP contribution in [0.25, 0.3) is 0 Å². The second-order valence-corrected chi connectivity index (χ2v) is 4.16. The van der Waals surface area contributed by atoms with Crippen molar-refractivity contribution in [3.63, 3.8) is 0 Å². The number of aliphatic hydroxyl groups is 1. The molecule has 0 bridgehead atoms. The van der Waals surface area contributed by atoms with Gasteiger partial charge in [0.05, 0.1) is 12.8 Å². The Morgan fingerprint density at radius 3 is 3.12 bits per heavy atom. The molecule has 1 saturated heterocycles. The Morgan fingerprint density at radius 1 is 1.56 bits per heavy atom. The molecule has 88 valence electrons. The van der Waals surface area contributed by atoms with E-state index in [1.54, 1.807) is 6.20 Å². The summed E-state index contributed by atoms with van der Waals surface area (Å²) in [5.74, 6) is 0.742. The fraction of sp³-hybridized carbons (Fsp3) is 0.583. The van der Waals surface area contributed by atoms with Gasteiger partial charge >= 0.3 is 0 Å². The number of rotatable bonds is 4. The SMILES string of the molecule is CN1CCC[C@H]1c1cncc(OCCO)c1. The minimum atomic E-state index is 0.0353. The summed E-state index contributed by atoms with van der Waals surface area (Å²) in [6.07, 6.45) is 6.01. The molecule has 16 heavy (non-hydrogen) atoms. The van der Waals surface area contributed by atoms with E-state index in [2.05, 4.69) is 16.9 Å². The van der Waals surface area contributed by atoms with Crippen LogP contribution < -0.4 is 4.74 Å². The Hall–Kier alpha value is -1.13. The van der Waals surface area contributed by atoms with Crippen LogP contribution >= 0.6 is 0 Å². The van der Waals surface area contributed by atoms with Crippen molar-refractivity contribution in [2.24, 2.45) is 0 Å². The van der Waals surface area contributed by atoms with Crippen LogP contribution in [0.3, 0.4) is 0 Å². The predicted octanol–water partition coefficient (Wildman–Crippen LogP) is 1.22. The van der Waals surface area contributed by atoms with Crippen molar-refractivity contribution in [3.8, 4) is 5.75 Å². The summed E-state index contributed by atoms with van der Waals surface area (Å²) in [5, 5.41) is 8.70. The van der Waals surface area contributed by atoms with E-state index < -0.39 is 0 Å². The molecule has 1 atom stereocenters. The predicted molar refractivity (Wildman–Crippen MR) is 61.4 cm³/mol. The van der Waals surface area contributed by atoms with Crippen LogP contribution in [0.1, 0.15) is 24.4 Å². The Bertz CT molecular complexity index is 344. The lowest BCUT2D eigenvalue weighted by atomic mass is 10.1. The highest BCUT2D eigenvalue weighted by Gasteiger charge is 2.22. The topological polar surface area (TPSA) is 45.6 Å². The van der Waals surface area contributed by atoms with Gasteiger partial charge in [-0.2, -0.15) is 0 Å². The van der Waals surface area contributed by atoms with Crippen molar-refractivity contribution < 1.29 is 9.84 Å². The molecule has 4 nitrogen and oxygen atoms in total.